The Balaban J connectivity index is 1.92. The van der Waals surface area contributed by atoms with Crippen molar-refractivity contribution >= 4 is 39.1 Å². The third-order valence-corrected chi connectivity index (χ3v) is 5.71. The van der Waals surface area contributed by atoms with Crippen LogP contribution in [0.1, 0.15) is 18.4 Å². The molecule has 3 heterocycles. The van der Waals surface area contributed by atoms with Crippen LogP contribution in [0.5, 0.6) is 0 Å². The third kappa shape index (κ3) is 2.35. The number of nitrogens with zero attached hydrogens (tertiary/aromatic N) is 4. The van der Waals surface area contributed by atoms with Gasteiger partial charge in [0.05, 0.1) is 5.52 Å². The fourth-order valence-electron chi connectivity index (χ4n) is 2.96. The molecule has 0 unspecified atom stereocenters. The van der Waals surface area contributed by atoms with E-state index in [0.29, 0.717) is 12.3 Å². The number of benzene rings is 1. The largest absolute Gasteiger partial charge is 0.275 e. The van der Waals surface area contributed by atoms with Gasteiger partial charge in [-0.2, -0.15) is 0 Å². The summed E-state index contributed by atoms with van der Waals surface area (Å²) in [6, 6.07) is 12.2. The first-order valence-corrected chi connectivity index (χ1v) is 9.75. The van der Waals surface area contributed by atoms with E-state index in [0.717, 1.165) is 15.4 Å². The van der Waals surface area contributed by atoms with Crippen LogP contribution >= 0.6 is 23.1 Å². The first-order chi connectivity index (χ1) is 11.7. The minimum absolute atomic E-state index is 0.00957. The van der Waals surface area contributed by atoms with Gasteiger partial charge in [-0.1, -0.05) is 49.0 Å². The Morgan fingerprint density at radius 3 is 2.75 bits per heavy atom. The summed E-state index contributed by atoms with van der Waals surface area (Å²) >= 11 is 3.00. The summed E-state index contributed by atoms with van der Waals surface area (Å²) in [6.45, 7) is 2.70. The van der Waals surface area contributed by atoms with Crippen molar-refractivity contribution in [1.82, 2.24) is 19.2 Å². The van der Waals surface area contributed by atoms with Crippen LogP contribution in [-0.2, 0) is 6.54 Å². The van der Waals surface area contributed by atoms with E-state index < -0.39 is 0 Å². The van der Waals surface area contributed by atoms with Gasteiger partial charge in [0.25, 0.3) is 5.56 Å². The normalized spacial score (nSPS) is 12.9. The van der Waals surface area contributed by atoms with Crippen LogP contribution in [0.2, 0.25) is 0 Å². The van der Waals surface area contributed by atoms with E-state index in [1.165, 1.54) is 28.7 Å². The van der Waals surface area contributed by atoms with Crippen molar-refractivity contribution in [1.29, 1.82) is 0 Å². The molecule has 0 aliphatic carbocycles. The number of rotatable bonds is 4. The number of hydrogen-bond acceptors (Lipinski definition) is 5. The second-order valence-corrected chi connectivity index (χ2v) is 7.37. The minimum Gasteiger partial charge on any atom is -0.275 e. The minimum atomic E-state index is 0.00957. The summed E-state index contributed by atoms with van der Waals surface area (Å²) in [5.41, 5.74) is 2.10. The Morgan fingerprint density at radius 1 is 1.21 bits per heavy atom. The third-order valence-electron chi connectivity index (χ3n) is 4.19. The zero-order chi connectivity index (χ0) is 16.7. The van der Waals surface area contributed by atoms with Gasteiger partial charge in [0.1, 0.15) is 4.70 Å². The van der Waals surface area contributed by atoms with Gasteiger partial charge in [-0.15, -0.1) is 21.5 Å². The molecule has 24 heavy (non-hydrogen) atoms. The van der Waals surface area contributed by atoms with Gasteiger partial charge in [0, 0.05) is 6.54 Å². The van der Waals surface area contributed by atoms with E-state index in [1.54, 1.807) is 4.57 Å². The van der Waals surface area contributed by atoms with Crippen molar-refractivity contribution in [3.8, 4) is 0 Å². The molecule has 0 N–H and O–H groups in total. The Hall–Kier alpha value is -2.12. The maximum Gasteiger partial charge on any atom is 0.272 e. The Labute approximate surface area is 147 Å². The maximum absolute atomic E-state index is 13.0. The van der Waals surface area contributed by atoms with E-state index >= 15 is 0 Å². The second kappa shape index (κ2) is 6.07. The van der Waals surface area contributed by atoms with Crippen molar-refractivity contribution in [2.45, 2.75) is 24.5 Å². The van der Waals surface area contributed by atoms with E-state index in [1.807, 2.05) is 40.3 Å². The molecule has 0 radical (unpaired) electrons. The Kier molecular flexibility index (Phi) is 3.90. The zero-order valence-electron chi connectivity index (χ0n) is 13.3. The Morgan fingerprint density at radius 2 is 2.00 bits per heavy atom. The maximum atomic E-state index is 13.0. The van der Waals surface area contributed by atoms with Crippen molar-refractivity contribution in [3.05, 3.63) is 57.7 Å². The highest BCUT2D eigenvalue weighted by atomic mass is 32.2. The summed E-state index contributed by atoms with van der Waals surface area (Å²) in [5, 5.41) is 11.3. The van der Waals surface area contributed by atoms with Crippen molar-refractivity contribution in [2.75, 3.05) is 6.26 Å². The molecular weight excluding hydrogens is 340 g/mol. The number of fused-ring (bicyclic) bond motifs is 3. The van der Waals surface area contributed by atoms with Crippen LogP contribution < -0.4 is 5.56 Å². The molecule has 3 aromatic heterocycles. The van der Waals surface area contributed by atoms with E-state index in [9.17, 15) is 4.79 Å². The van der Waals surface area contributed by atoms with Crippen LogP contribution in [0.25, 0.3) is 16.0 Å². The fourth-order valence-corrected chi connectivity index (χ4v) is 4.27. The van der Waals surface area contributed by atoms with Crippen LogP contribution in [0.4, 0.5) is 0 Å². The van der Waals surface area contributed by atoms with Crippen LogP contribution in [0.3, 0.4) is 0 Å². The Bertz CT molecular complexity index is 1060. The number of thiophene rings is 1. The van der Waals surface area contributed by atoms with Gasteiger partial charge in [-0.05, 0) is 29.2 Å². The summed E-state index contributed by atoms with van der Waals surface area (Å²) in [7, 11) is 0. The number of hydrogen-bond donors (Lipinski definition) is 0. The molecule has 122 valence electrons. The molecule has 0 spiro atoms. The second-order valence-electron chi connectivity index (χ2n) is 5.68. The summed E-state index contributed by atoms with van der Waals surface area (Å²) in [5.74, 6) is 0.817. The first kappa shape index (κ1) is 15.4. The lowest BCUT2D eigenvalue weighted by atomic mass is 10.0. The zero-order valence-corrected chi connectivity index (χ0v) is 15.0. The molecule has 5 nitrogen and oxygen atoms in total. The molecule has 4 rings (SSSR count). The molecule has 1 aromatic carbocycles. The molecule has 0 saturated heterocycles. The molecule has 1 atom stereocenters. The summed E-state index contributed by atoms with van der Waals surface area (Å²) in [4.78, 5) is 13.0. The molecule has 0 aliphatic rings. The van der Waals surface area contributed by atoms with Gasteiger partial charge in [0.2, 0.25) is 5.78 Å². The van der Waals surface area contributed by atoms with Gasteiger partial charge < -0.3 is 0 Å². The highest BCUT2D eigenvalue weighted by Crippen LogP contribution is 2.24. The molecule has 4 aromatic rings. The summed E-state index contributed by atoms with van der Waals surface area (Å²) in [6.07, 6.45) is 1.97. The van der Waals surface area contributed by atoms with Gasteiger partial charge in [-0.25, -0.2) is 0 Å². The van der Waals surface area contributed by atoms with Gasteiger partial charge >= 0.3 is 0 Å². The van der Waals surface area contributed by atoms with Crippen LogP contribution in [0, 0.1) is 0 Å². The lowest BCUT2D eigenvalue weighted by Crippen LogP contribution is -2.24. The lowest BCUT2D eigenvalue weighted by Gasteiger charge is -2.15. The quantitative estimate of drug-likeness (QED) is 0.524. The average Bonchev–Trinajstić information content (AvgIpc) is 3.25. The van der Waals surface area contributed by atoms with E-state index in [4.69, 9.17) is 0 Å². The fraction of sp³-hybridized carbons (Fsp3) is 0.235. The SMILES string of the molecule is CSc1nnc2n(C[C@H](C)c3ccccc3)c(=O)c3sccc3n12. The van der Waals surface area contributed by atoms with Gasteiger partial charge in [0.15, 0.2) is 5.16 Å². The van der Waals surface area contributed by atoms with Crippen molar-refractivity contribution in [2.24, 2.45) is 0 Å². The number of aromatic nitrogens is 4. The number of thioether (sulfide) groups is 1. The molecule has 0 fully saturated rings. The van der Waals surface area contributed by atoms with Crippen LogP contribution in [0.15, 0.2) is 51.7 Å². The lowest BCUT2D eigenvalue weighted by molar-refractivity contribution is 0.588. The predicted octanol–water partition coefficient (Wildman–Crippen LogP) is 3.63. The molecule has 7 heteroatoms. The topological polar surface area (TPSA) is 52.2 Å². The highest BCUT2D eigenvalue weighted by Gasteiger charge is 2.18. The predicted molar refractivity (Wildman–Crippen MR) is 99.3 cm³/mol. The average molecular weight is 356 g/mol. The van der Waals surface area contributed by atoms with Crippen LogP contribution in [-0.4, -0.2) is 25.4 Å². The molecule has 0 saturated carbocycles. The first-order valence-electron chi connectivity index (χ1n) is 7.64. The molecule has 0 bridgehead atoms. The summed E-state index contributed by atoms with van der Waals surface area (Å²) < 4.78 is 4.48. The monoisotopic (exact) mass is 356 g/mol. The molecule has 0 amide bonds. The molecule has 0 aliphatic heterocycles. The van der Waals surface area contributed by atoms with Crippen molar-refractivity contribution < 1.29 is 0 Å². The van der Waals surface area contributed by atoms with E-state index in [-0.39, 0.29) is 11.5 Å². The van der Waals surface area contributed by atoms with Gasteiger partial charge in [-0.3, -0.25) is 13.8 Å². The highest BCUT2D eigenvalue weighted by molar-refractivity contribution is 7.98. The smallest absolute Gasteiger partial charge is 0.272 e. The van der Waals surface area contributed by atoms with Crippen molar-refractivity contribution in [3.63, 3.8) is 0 Å². The molecular formula is C17H16N4OS2. The standard InChI is InChI=1S/C17H16N4OS2/c1-11(12-6-4-3-5-7-12)10-20-15(22)14-13(8-9-24-14)21-16(20)18-19-17(21)23-2/h3-9,11H,10H2,1-2H3/t11-/m0/s1. The van der Waals surface area contributed by atoms with E-state index in [2.05, 4.69) is 29.3 Å².